The number of nitrogens with zero attached hydrogens (tertiary/aromatic N) is 2. The summed E-state index contributed by atoms with van der Waals surface area (Å²) in [6, 6.07) is 8.73. The summed E-state index contributed by atoms with van der Waals surface area (Å²) in [5, 5.41) is 8.03. The monoisotopic (exact) mass is 299 g/mol. The Morgan fingerprint density at radius 3 is 2.95 bits per heavy atom. The van der Waals surface area contributed by atoms with E-state index < -0.39 is 0 Å². The fourth-order valence-electron chi connectivity index (χ4n) is 2.59. The lowest BCUT2D eigenvalue weighted by molar-refractivity contribution is 0.552. The summed E-state index contributed by atoms with van der Waals surface area (Å²) in [6.07, 6.45) is 4.04. The van der Waals surface area contributed by atoms with Gasteiger partial charge in [-0.3, -0.25) is 0 Å². The molecule has 110 valence electrons. The third-order valence-electron chi connectivity index (χ3n) is 3.53. The van der Waals surface area contributed by atoms with Crippen molar-refractivity contribution < 1.29 is 0 Å². The van der Waals surface area contributed by atoms with Crippen LogP contribution in [0.2, 0.25) is 0 Å². The first kappa shape index (κ1) is 14.3. The van der Waals surface area contributed by atoms with Crippen LogP contribution in [0.1, 0.15) is 24.4 Å². The first-order valence-electron chi connectivity index (χ1n) is 7.40. The van der Waals surface area contributed by atoms with Gasteiger partial charge in [0.1, 0.15) is 5.01 Å². The molecule has 0 aliphatic heterocycles. The lowest BCUT2D eigenvalue weighted by Crippen LogP contribution is -2.19. The van der Waals surface area contributed by atoms with Crippen LogP contribution in [0.5, 0.6) is 0 Å². The largest absolute Gasteiger partial charge is 0.340 e. The molecule has 3 nitrogen and oxygen atoms in total. The van der Waals surface area contributed by atoms with Gasteiger partial charge in [0.15, 0.2) is 0 Å². The van der Waals surface area contributed by atoms with Crippen LogP contribution in [0.15, 0.2) is 42.0 Å². The number of hydrogen-bond donors (Lipinski definition) is 1. The summed E-state index contributed by atoms with van der Waals surface area (Å²) in [5.41, 5.74) is 2.68. The van der Waals surface area contributed by atoms with Gasteiger partial charge >= 0.3 is 0 Å². The molecule has 21 heavy (non-hydrogen) atoms. The Morgan fingerprint density at radius 2 is 2.19 bits per heavy atom. The van der Waals surface area contributed by atoms with Gasteiger partial charge in [0, 0.05) is 24.3 Å². The summed E-state index contributed by atoms with van der Waals surface area (Å²) in [7, 11) is 0. The highest BCUT2D eigenvalue weighted by Crippen LogP contribution is 2.22. The van der Waals surface area contributed by atoms with Gasteiger partial charge in [0.25, 0.3) is 0 Å². The number of para-hydroxylation sites is 1. The lowest BCUT2D eigenvalue weighted by Gasteiger charge is -2.11. The zero-order valence-electron chi connectivity index (χ0n) is 12.5. The van der Waals surface area contributed by atoms with E-state index in [2.05, 4.69) is 59.2 Å². The fraction of sp³-hybridized carbons (Fsp3) is 0.353. The van der Waals surface area contributed by atoms with E-state index in [1.165, 1.54) is 16.5 Å². The van der Waals surface area contributed by atoms with Gasteiger partial charge in [0.2, 0.25) is 0 Å². The van der Waals surface area contributed by atoms with E-state index in [1.807, 2.05) is 11.6 Å². The number of benzene rings is 1. The highest BCUT2D eigenvalue weighted by Gasteiger charge is 2.08. The van der Waals surface area contributed by atoms with Crippen molar-refractivity contribution >= 4 is 22.2 Å². The normalized spacial score (nSPS) is 11.6. The standard InChI is InChI=1S/C17H21N3S/c1-13(2)10-18-11-15-5-3-4-14-6-8-20(17(14)15)12-16-19-7-9-21-16/h3-9,13,18H,10-12H2,1-2H3. The number of nitrogens with one attached hydrogen (secondary N) is 1. The van der Waals surface area contributed by atoms with Gasteiger partial charge in [-0.05, 0) is 29.5 Å². The maximum atomic E-state index is 4.40. The maximum Gasteiger partial charge on any atom is 0.112 e. The molecule has 0 radical (unpaired) electrons. The van der Waals surface area contributed by atoms with Crippen LogP contribution in [0.25, 0.3) is 10.9 Å². The Kier molecular flexibility index (Phi) is 4.36. The second kappa shape index (κ2) is 6.41. The Balaban J connectivity index is 1.87. The van der Waals surface area contributed by atoms with Crippen LogP contribution in [0.4, 0.5) is 0 Å². The van der Waals surface area contributed by atoms with E-state index in [-0.39, 0.29) is 0 Å². The number of fused-ring (bicyclic) bond motifs is 1. The third-order valence-corrected chi connectivity index (χ3v) is 4.29. The van der Waals surface area contributed by atoms with Gasteiger partial charge in [-0.25, -0.2) is 4.98 Å². The molecule has 0 aliphatic rings. The second-order valence-electron chi connectivity index (χ2n) is 5.75. The highest BCUT2D eigenvalue weighted by molar-refractivity contribution is 7.09. The summed E-state index contributed by atoms with van der Waals surface area (Å²) in [4.78, 5) is 4.40. The second-order valence-corrected chi connectivity index (χ2v) is 6.73. The molecule has 3 rings (SSSR count). The Hall–Kier alpha value is -1.65. The molecule has 0 amide bonds. The van der Waals surface area contributed by atoms with E-state index in [0.717, 1.165) is 24.6 Å². The van der Waals surface area contributed by atoms with Crippen molar-refractivity contribution in [2.24, 2.45) is 5.92 Å². The predicted octanol–water partition coefficient (Wildman–Crippen LogP) is 3.89. The van der Waals surface area contributed by atoms with Crippen molar-refractivity contribution in [1.29, 1.82) is 0 Å². The highest BCUT2D eigenvalue weighted by atomic mass is 32.1. The van der Waals surface area contributed by atoms with Crippen molar-refractivity contribution in [3.8, 4) is 0 Å². The van der Waals surface area contributed by atoms with Crippen molar-refractivity contribution in [3.63, 3.8) is 0 Å². The van der Waals surface area contributed by atoms with Gasteiger partial charge in [-0.15, -0.1) is 11.3 Å². The van der Waals surface area contributed by atoms with E-state index in [1.54, 1.807) is 11.3 Å². The summed E-state index contributed by atoms with van der Waals surface area (Å²) < 4.78 is 2.31. The Morgan fingerprint density at radius 1 is 1.29 bits per heavy atom. The molecule has 0 unspecified atom stereocenters. The van der Waals surface area contributed by atoms with Crippen molar-refractivity contribution in [2.75, 3.05) is 6.54 Å². The average molecular weight is 299 g/mol. The van der Waals surface area contributed by atoms with Gasteiger partial charge in [0.05, 0.1) is 12.1 Å². The minimum Gasteiger partial charge on any atom is -0.340 e. The summed E-state index contributed by atoms with van der Waals surface area (Å²) in [6.45, 7) is 7.28. The Labute approximate surface area is 129 Å². The van der Waals surface area contributed by atoms with E-state index >= 15 is 0 Å². The molecule has 0 saturated carbocycles. The quantitative estimate of drug-likeness (QED) is 0.748. The molecule has 2 heterocycles. The molecule has 0 atom stereocenters. The summed E-state index contributed by atoms with van der Waals surface area (Å²) in [5.74, 6) is 0.673. The molecule has 0 spiro atoms. The van der Waals surface area contributed by atoms with Crippen molar-refractivity contribution in [3.05, 3.63) is 52.6 Å². The SMILES string of the molecule is CC(C)CNCc1cccc2ccn(Cc3nccs3)c12. The van der Waals surface area contributed by atoms with Gasteiger partial charge in [-0.1, -0.05) is 32.0 Å². The van der Waals surface area contributed by atoms with Crippen LogP contribution in [0.3, 0.4) is 0 Å². The van der Waals surface area contributed by atoms with Gasteiger partial charge < -0.3 is 9.88 Å². The predicted molar refractivity (Wildman–Crippen MR) is 89.7 cm³/mol. The number of rotatable bonds is 6. The molecule has 1 N–H and O–H groups in total. The molecule has 0 bridgehead atoms. The molecule has 3 aromatic rings. The van der Waals surface area contributed by atoms with Crippen LogP contribution in [0, 0.1) is 5.92 Å². The van der Waals surface area contributed by atoms with E-state index in [4.69, 9.17) is 0 Å². The minimum atomic E-state index is 0.673. The zero-order valence-corrected chi connectivity index (χ0v) is 13.4. The molecule has 1 aromatic carbocycles. The zero-order chi connectivity index (χ0) is 14.7. The molecule has 4 heteroatoms. The van der Waals surface area contributed by atoms with Crippen LogP contribution < -0.4 is 5.32 Å². The van der Waals surface area contributed by atoms with Crippen LogP contribution >= 0.6 is 11.3 Å². The molecule has 0 saturated heterocycles. The summed E-state index contributed by atoms with van der Waals surface area (Å²) >= 11 is 1.71. The molecule has 0 fully saturated rings. The van der Waals surface area contributed by atoms with E-state index in [0.29, 0.717) is 5.92 Å². The molecule has 0 aliphatic carbocycles. The Bertz CT molecular complexity index is 698. The topological polar surface area (TPSA) is 29.9 Å². The first-order valence-corrected chi connectivity index (χ1v) is 8.28. The molecular weight excluding hydrogens is 278 g/mol. The maximum absolute atomic E-state index is 4.40. The van der Waals surface area contributed by atoms with Crippen LogP contribution in [-0.4, -0.2) is 16.1 Å². The lowest BCUT2D eigenvalue weighted by atomic mass is 10.1. The van der Waals surface area contributed by atoms with Crippen molar-refractivity contribution in [2.45, 2.75) is 26.9 Å². The minimum absolute atomic E-state index is 0.673. The first-order chi connectivity index (χ1) is 10.2. The average Bonchev–Trinajstić information content (AvgIpc) is 3.10. The van der Waals surface area contributed by atoms with Crippen LogP contribution in [-0.2, 0) is 13.1 Å². The number of thiazole rings is 1. The smallest absolute Gasteiger partial charge is 0.112 e. The molecular formula is C17H21N3S. The third kappa shape index (κ3) is 3.34. The number of hydrogen-bond acceptors (Lipinski definition) is 3. The molecule has 2 aromatic heterocycles. The van der Waals surface area contributed by atoms with Crippen molar-refractivity contribution in [1.82, 2.24) is 14.9 Å². The van der Waals surface area contributed by atoms with Gasteiger partial charge in [-0.2, -0.15) is 0 Å². The number of aromatic nitrogens is 2. The van der Waals surface area contributed by atoms with E-state index in [9.17, 15) is 0 Å². The fourth-order valence-corrected chi connectivity index (χ4v) is 3.20.